The highest BCUT2D eigenvalue weighted by molar-refractivity contribution is 5.71. The normalized spacial score (nSPS) is 12.7. The van der Waals surface area contributed by atoms with Gasteiger partial charge in [-0.25, -0.2) is 0 Å². The Labute approximate surface area is 457 Å². The van der Waals surface area contributed by atoms with Gasteiger partial charge in [0.15, 0.2) is 6.10 Å². The zero-order valence-electron chi connectivity index (χ0n) is 48.6. The molecule has 0 saturated heterocycles. The van der Waals surface area contributed by atoms with E-state index in [1.165, 1.54) is 141 Å². The fraction of sp³-hybridized carbons (Fsp3) is 0.721. The predicted molar refractivity (Wildman–Crippen MR) is 320 cm³/mol. The summed E-state index contributed by atoms with van der Waals surface area (Å²) in [6.07, 6.45) is 82.7. The summed E-state index contributed by atoms with van der Waals surface area (Å²) in [5.74, 6) is -0.898. The molecule has 74 heavy (non-hydrogen) atoms. The topological polar surface area (TPSA) is 78.9 Å². The van der Waals surface area contributed by atoms with Crippen molar-refractivity contribution in [2.45, 2.75) is 303 Å². The summed E-state index contributed by atoms with van der Waals surface area (Å²) < 4.78 is 16.9. The van der Waals surface area contributed by atoms with Crippen molar-refractivity contribution in [3.8, 4) is 0 Å². The molecule has 1 unspecified atom stereocenters. The highest BCUT2D eigenvalue weighted by atomic mass is 16.6. The third-order valence-electron chi connectivity index (χ3n) is 13.3. The van der Waals surface area contributed by atoms with Gasteiger partial charge in [-0.3, -0.25) is 14.4 Å². The van der Waals surface area contributed by atoms with Crippen LogP contribution in [-0.4, -0.2) is 37.2 Å². The second-order valence-corrected chi connectivity index (χ2v) is 20.6. The first-order chi connectivity index (χ1) is 36.5. The molecular formula is C68H116O6. The molecule has 0 aromatic heterocycles. The van der Waals surface area contributed by atoms with Crippen LogP contribution >= 0.6 is 0 Å². The molecule has 0 saturated carbocycles. The first-order valence-corrected chi connectivity index (χ1v) is 31.2. The van der Waals surface area contributed by atoms with Crippen LogP contribution < -0.4 is 0 Å². The van der Waals surface area contributed by atoms with Crippen LogP contribution in [-0.2, 0) is 28.6 Å². The van der Waals surface area contributed by atoms with E-state index in [2.05, 4.69) is 118 Å². The van der Waals surface area contributed by atoms with E-state index in [4.69, 9.17) is 14.2 Å². The van der Waals surface area contributed by atoms with Crippen LogP contribution in [0.25, 0.3) is 0 Å². The number of carbonyl (C=O) groups is 3. The highest BCUT2D eigenvalue weighted by Crippen LogP contribution is 2.16. The molecule has 0 aromatic rings. The summed E-state index contributed by atoms with van der Waals surface area (Å²) in [5.41, 5.74) is 0. The molecule has 1 atom stereocenters. The first-order valence-electron chi connectivity index (χ1n) is 31.2. The molecule has 6 heteroatoms. The van der Waals surface area contributed by atoms with Crippen LogP contribution in [0.3, 0.4) is 0 Å². The van der Waals surface area contributed by atoms with E-state index in [1.807, 2.05) is 0 Å². The second kappa shape index (κ2) is 61.9. The standard InChI is InChI=1S/C68H116O6/c1-4-7-10-13-16-19-22-24-26-28-30-31-32-33-34-35-36-37-39-40-42-44-46-49-52-55-58-61-67(70)73-64-65(63-72-66(69)60-57-54-51-48-21-18-15-12-9-6-3)74-68(71)62-59-56-53-50-47-45-43-41-38-29-27-25-23-20-17-14-11-8-5-2/h7,10,12,15-16,19,24-27,30-31,33-34,36-37,65H,4-6,8-9,11,13-14,17-18,20-23,28-29,32,35,38-64H2,1-3H3/b10-7-,15-12-,19-16-,26-24-,27-25-,31-30-,34-33-,37-36-. The third kappa shape index (κ3) is 59.2. The third-order valence-corrected chi connectivity index (χ3v) is 13.3. The van der Waals surface area contributed by atoms with Gasteiger partial charge in [0, 0.05) is 19.3 Å². The van der Waals surface area contributed by atoms with Crippen molar-refractivity contribution in [3.05, 3.63) is 97.2 Å². The molecule has 0 N–H and O–H groups in total. The molecule has 0 amide bonds. The van der Waals surface area contributed by atoms with Crippen molar-refractivity contribution < 1.29 is 28.6 Å². The number of rotatable bonds is 56. The van der Waals surface area contributed by atoms with Crippen LogP contribution in [0.2, 0.25) is 0 Å². The minimum absolute atomic E-state index is 0.0845. The summed E-state index contributed by atoms with van der Waals surface area (Å²) in [4.78, 5) is 38.2. The van der Waals surface area contributed by atoms with E-state index in [1.54, 1.807) is 0 Å². The molecule has 0 aliphatic heterocycles. The van der Waals surface area contributed by atoms with Crippen LogP contribution in [0.15, 0.2) is 97.2 Å². The predicted octanol–water partition coefficient (Wildman–Crippen LogP) is 21.3. The SMILES string of the molecule is CC/C=C\C/C=C\C/C=C\C/C=C\C/C=C\C/C=C\CCCCCCCCCCC(=O)OCC(COC(=O)CCCCCCC/C=C\CCC)OC(=O)CCCCCCCCCCC/C=C\CCCCCCCC. The number of hydrogen-bond acceptors (Lipinski definition) is 6. The maximum Gasteiger partial charge on any atom is 0.306 e. The van der Waals surface area contributed by atoms with Gasteiger partial charge in [0.2, 0.25) is 0 Å². The maximum absolute atomic E-state index is 12.9. The van der Waals surface area contributed by atoms with Crippen LogP contribution in [0.1, 0.15) is 297 Å². The van der Waals surface area contributed by atoms with Gasteiger partial charge in [0.25, 0.3) is 0 Å². The van der Waals surface area contributed by atoms with E-state index >= 15 is 0 Å². The molecule has 0 heterocycles. The minimum Gasteiger partial charge on any atom is -0.462 e. The largest absolute Gasteiger partial charge is 0.462 e. The quantitative estimate of drug-likeness (QED) is 0.0261. The second-order valence-electron chi connectivity index (χ2n) is 20.6. The molecule has 0 radical (unpaired) electrons. The lowest BCUT2D eigenvalue weighted by Gasteiger charge is -2.18. The zero-order valence-corrected chi connectivity index (χ0v) is 48.6. The van der Waals surface area contributed by atoms with Gasteiger partial charge in [0.05, 0.1) is 0 Å². The van der Waals surface area contributed by atoms with E-state index in [-0.39, 0.29) is 31.1 Å². The first kappa shape index (κ1) is 70.3. The minimum atomic E-state index is -0.786. The van der Waals surface area contributed by atoms with Crippen molar-refractivity contribution in [2.24, 2.45) is 0 Å². The number of esters is 3. The lowest BCUT2D eigenvalue weighted by molar-refractivity contribution is -0.167. The van der Waals surface area contributed by atoms with Gasteiger partial charge in [-0.15, -0.1) is 0 Å². The Morgan fingerprint density at radius 2 is 0.554 bits per heavy atom. The van der Waals surface area contributed by atoms with Gasteiger partial charge < -0.3 is 14.2 Å². The van der Waals surface area contributed by atoms with Crippen molar-refractivity contribution in [1.29, 1.82) is 0 Å². The maximum atomic E-state index is 12.9. The Hall–Kier alpha value is -3.67. The number of allylic oxidation sites excluding steroid dienone is 16. The number of ether oxygens (including phenoxy) is 3. The number of carbonyl (C=O) groups excluding carboxylic acids is 3. The van der Waals surface area contributed by atoms with Crippen LogP contribution in [0, 0.1) is 0 Å². The summed E-state index contributed by atoms with van der Waals surface area (Å²) >= 11 is 0. The molecule has 6 nitrogen and oxygen atoms in total. The Kier molecular flexibility index (Phi) is 58.8. The monoisotopic (exact) mass is 1030 g/mol. The highest BCUT2D eigenvalue weighted by Gasteiger charge is 2.19. The molecule has 0 aliphatic rings. The van der Waals surface area contributed by atoms with Gasteiger partial charge in [-0.2, -0.15) is 0 Å². The van der Waals surface area contributed by atoms with Gasteiger partial charge in [-0.05, 0) is 116 Å². The van der Waals surface area contributed by atoms with Crippen molar-refractivity contribution >= 4 is 17.9 Å². The smallest absolute Gasteiger partial charge is 0.306 e. The Balaban J connectivity index is 4.27. The van der Waals surface area contributed by atoms with Crippen molar-refractivity contribution in [3.63, 3.8) is 0 Å². The van der Waals surface area contributed by atoms with Crippen LogP contribution in [0.4, 0.5) is 0 Å². The Morgan fingerprint density at radius 1 is 0.284 bits per heavy atom. The van der Waals surface area contributed by atoms with Crippen molar-refractivity contribution in [2.75, 3.05) is 13.2 Å². The zero-order chi connectivity index (χ0) is 53.6. The lowest BCUT2D eigenvalue weighted by atomic mass is 10.1. The van der Waals surface area contributed by atoms with E-state index in [9.17, 15) is 14.4 Å². The molecule has 0 aliphatic carbocycles. The van der Waals surface area contributed by atoms with E-state index in [0.717, 1.165) is 116 Å². The fourth-order valence-electron chi connectivity index (χ4n) is 8.62. The molecule has 0 spiro atoms. The molecule has 0 rings (SSSR count). The van der Waals surface area contributed by atoms with E-state index < -0.39 is 6.10 Å². The molecule has 0 aromatic carbocycles. The number of unbranched alkanes of at least 4 members (excludes halogenated alkanes) is 29. The molecule has 0 bridgehead atoms. The lowest BCUT2D eigenvalue weighted by Crippen LogP contribution is -2.30. The van der Waals surface area contributed by atoms with Crippen LogP contribution in [0.5, 0.6) is 0 Å². The summed E-state index contributed by atoms with van der Waals surface area (Å²) in [7, 11) is 0. The fourth-order valence-corrected chi connectivity index (χ4v) is 8.62. The average molecular weight is 1030 g/mol. The van der Waals surface area contributed by atoms with E-state index in [0.29, 0.717) is 19.3 Å². The summed E-state index contributed by atoms with van der Waals surface area (Å²) in [6.45, 7) is 6.46. The molecular weight excluding hydrogens is 913 g/mol. The Bertz CT molecular complexity index is 1460. The van der Waals surface area contributed by atoms with Gasteiger partial charge in [0.1, 0.15) is 13.2 Å². The summed E-state index contributed by atoms with van der Waals surface area (Å²) in [5, 5.41) is 0. The average Bonchev–Trinajstić information content (AvgIpc) is 3.40. The van der Waals surface area contributed by atoms with Gasteiger partial charge >= 0.3 is 17.9 Å². The summed E-state index contributed by atoms with van der Waals surface area (Å²) in [6, 6.07) is 0. The number of hydrogen-bond donors (Lipinski definition) is 0. The molecule has 0 fully saturated rings. The van der Waals surface area contributed by atoms with Crippen molar-refractivity contribution in [1.82, 2.24) is 0 Å². The van der Waals surface area contributed by atoms with Gasteiger partial charge in [-0.1, -0.05) is 259 Å². The molecule has 424 valence electrons. The Morgan fingerprint density at radius 3 is 0.892 bits per heavy atom.